The van der Waals surface area contributed by atoms with Gasteiger partial charge in [-0.2, -0.15) is 0 Å². The minimum absolute atomic E-state index is 0.0511. The number of nitro benzene ring substituents is 1. The van der Waals surface area contributed by atoms with Crippen LogP contribution in [-0.4, -0.2) is 41.1 Å². The first-order valence-corrected chi connectivity index (χ1v) is 8.88. The summed E-state index contributed by atoms with van der Waals surface area (Å²) >= 11 is 0. The van der Waals surface area contributed by atoms with Gasteiger partial charge in [-0.3, -0.25) is 10.1 Å². The molecule has 0 aromatic heterocycles. The van der Waals surface area contributed by atoms with Gasteiger partial charge in [-0.1, -0.05) is 0 Å². The maximum atomic E-state index is 12.0. The number of sulfonamides is 2. The van der Waals surface area contributed by atoms with Crippen molar-refractivity contribution in [1.29, 1.82) is 0 Å². The van der Waals surface area contributed by atoms with E-state index in [0.29, 0.717) is 0 Å². The van der Waals surface area contributed by atoms with Crippen molar-refractivity contribution in [3.8, 4) is 0 Å². The zero-order valence-electron chi connectivity index (χ0n) is 10.9. The molecule has 10 nitrogen and oxygen atoms in total. The summed E-state index contributed by atoms with van der Waals surface area (Å²) in [6, 6.07) is 3.16. The maximum absolute atomic E-state index is 12.0. The van der Waals surface area contributed by atoms with E-state index in [0.717, 1.165) is 18.4 Å². The van der Waals surface area contributed by atoms with E-state index in [9.17, 15) is 26.9 Å². The number of nitrogens with one attached hydrogen (secondary N) is 2. The van der Waals surface area contributed by atoms with Gasteiger partial charge in [0.05, 0.1) is 11.2 Å². The van der Waals surface area contributed by atoms with Crippen molar-refractivity contribution in [1.82, 2.24) is 9.44 Å². The number of hydrogen-bond acceptors (Lipinski definition) is 7. The predicted molar refractivity (Wildman–Crippen MR) is 75.5 cm³/mol. The number of hydrogen-bond donors (Lipinski definition) is 3. The average molecular weight is 338 g/mol. The Kier molecular flexibility index (Phi) is 5.22. The van der Waals surface area contributed by atoms with Gasteiger partial charge in [0.2, 0.25) is 20.0 Å². The highest BCUT2D eigenvalue weighted by Gasteiger charge is 2.25. The summed E-state index contributed by atoms with van der Waals surface area (Å²) in [4.78, 5) is 9.40. The second-order valence-electron chi connectivity index (χ2n) is 4.05. The normalized spacial score (nSPS) is 12.2. The number of nitrogen functional groups attached to an aromatic ring is 1. The molecular weight excluding hydrogens is 324 g/mol. The van der Waals surface area contributed by atoms with Crippen LogP contribution in [0.5, 0.6) is 0 Å². The predicted octanol–water partition coefficient (Wildman–Crippen LogP) is -0.995. The van der Waals surface area contributed by atoms with Crippen LogP contribution in [0, 0.1) is 10.1 Å². The van der Waals surface area contributed by atoms with Gasteiger partial charge in [-0.15, -0.1) is 0 Å². The third kappa shape index (κ3) is 5.26. The van der Waals surface area contributed by atoms with Crippen LogP contribution in [-0.2, 0) is 20.0 Å². The van der Waals surface area contributed by atoms with Crippen molar-refractivity contribution in [3.05, 3.63) is 28.3 Å². The third-order valence-corrected chi connectivity index (χ3v) is 4.47. The lowest BCUT2D eigenvalue weighted by molar-refractivity contribution is -0.387. The van der Waals surface area contributed by atoms with Crippen LogP contribution in [0.4, 0.5) is 11.4 Å². The largest absolute Gasteiger partial charge is 0.399 e. The van der Waals surface area contributed by atoms with Gasteiger partial charge >= 0.3 is 0 Å². The summed E-state index contributed by atoms with van der Waals surface area (Å²) in [6.45, 7) is -0.449. The van der Waals surface area contributed by atoms with Crippen LogP contribution in [0.25, 0.3) is 0 Å². The Balaban J connectivity index is 2.93. The molecule has 0 saturated heterocycles. The molecule has 21 heavy (non-hydrogen) atoms. The van der Waals surface area contributed by atoms with E-state index in [4.69, 9.17) is 5.73 Å². The molecule has 0 saturated carbocycles. The van der Waals surface area contributed by atoms with Crippen molar-refractivity contribution < 1.29 is 21.8 Å². The monoisotopic (exact) mass is 338 g/mol. The van der Waals surface area contributed by atoms with Crippen LogP contribution >= 0.6 is 0 Å². The Hall–Kier alpha value is -1.76. The molecule has 1 aromatic carbocycles. The SMILES string of the molecule is CS(=O)(=O)NCCNS(=O)(=O)c1cc(N)ccc1[N+](=O)[O-]. The molecule has 0 amide bonds. The Labute approximate surface area is 121 Å². The molecule has 0 heterocycles. The summed E-state index contributed by atoms with van der Waals surface area (Å²) in [5.41, 5.74) is 4.86. The van der Waals surface area contributed by atoms with Gasteiger partial charge in [-0.25, -0.2) is 26.3 Å². The second kappa shape index (κ2) is 6.34. The molecule has 0 radical (unpaired) electrons. The van der Waals surface area contributed by atoms with Crippen molar-refractivity contribution in [2.75, 3.05) is 25.1 Å². The third-order valence-electron chi connectivity index (χ3n) is 2.25. The highest BCUT2D eigenvalue weighted by molar-refractivity contribution is 7.89. The number of nitrogens with zero attached hydrogens (tertiary/aromatic N) is 1. The minimum atomic E-state index is -4.18. The fourth-order valence-electron chi connectivity index (χ4n) is 1.40. The molecule has 0 aliphatic heterocycles. The second-order valence-corrected chi connectivity index (χ2v) is 7.62. The number of anilines is 1. The molecular formula is C9H14N4O6S2. The fraction of sp³-hybridized carbons (Fsp3) is 0.333. The van der Waals surface area contributed by atoms with E-state index >= 15 is 0 Å². The van der Waals surface area contributed by atoms with Crippen molar-refractivity contribution in [2.24, 2.45) is 0 Å². The summed E-state index contributed by atoms with van der Waals surface area (Å²) in [5.74, 6) is 0. The summed E-state index contributed by atoms with van der Waals surface area (Å²) in [5, 5.41) is 10.8. The molecule has 1 aromatic rings. The molecule has 0 spiro atoms. The average Bonchev–Trinajstić information content (AvgIpc) is 2.33. The Morgan fingerprint density at radius 3 is 2.29 bits per heavy atom. The molecule has 0 aliphatic carbocycles. The number of rotatable bonds is 7. The molecule has 0 bridgehead atoms. The topological polar surface area (TPSA) is 162 Å². The lowest BCUT2D eigenvalue weighted by Gasteiger charge is -2.08. The first kappa shape index (κ1) is 17.3. The summed E-state index contributed by atoms with van der Waals surface area (Å²) in [6.07, 6.45) is 0.921. The van der Waals surface area contributed by atoms with Crippen LogP contribution in [0.1, 0.15) is 0 Å². The molecule has 118 valence electrons. The standard InChI is InChI=1S/C9H14N4O6S2/c1-20(16,17)11-4-5-12-21(18,19)9-6-7(10)2-3-8(9)13(14)15/h2-3,6,11-12H,4-5,10H2,1H3. The van der Waals surface area contributed by atoms with E-state index in [1.54, 1.807) is 0 Å². The van der Waals surface area contributed by atoms with Crippen molar-refractivity contribution in [3.63, 3.8) is 0 Å². The van der Waals surface area contributed by atoms with Gasteiger partial charge in [-0.05, 0) is 12.1 Å². The molecule has 0 unspecified atom stereocenters. The van der Waals surface area contributed by atoms with Crippen LogP contribution in [0.2, 0.25) is 0 Å². The van der Waals surface area contributed by atoms with Gasteiger partial charge in [0.1, 0.15) is 0 Å². The van der Waals surface area contributed by atoms with E-state index in [1.807, 2.05) is 0 Å². The van der Waals surface area contributed by atoms with E-state index in [1.165, 1.54) is 6.07 Å². The number of nitrogens with two attached hydrogens (primary N) is 1. The lowest BCUT2D eigenvalue weighted by atomic mass is 10.3. The first-order chi connectivity index (χ1) is 9.53. The van der Waals surface area contributed by atoms with Gasteiger partial charge < -0.3 is 5.73 Å². The van der Waals surface area contributed by atoms with Crippen LogP contribution in [0.15, 0.2) is 23.1 Å². The molecule has 0 atom stereocenters. The molecule has 4 N–H and O–H groups in total. The fourth-order valence-corrected chi connectivity index (χ4v) is 3.10. The van der Waals surface area contributed by atoms with Gasteiger partial charge in [0.25, 0.3) is 5.69 Å². The van der Waals surface area contributed by atoms with Crippen LogP contribution in [0.3, 0.4) is 0 Å². The summed E-state index contributed by atoms with van der Waals surface area (Å²) in [7, 11) is -7.63. The van der Waals surface area contributed by atoms with E-state index in [2.05, 4.69) is 9.44 Å². The van der Waals surface area contributed by atoms with E-state index < -0.39 is 35.6 Å². The van der Waals surface area contributed by atoms with Crippen molar-refractivity contribution >= 4 is 31.4 Å². The van der Waals surface area contributed by atoms with E-state index in [-0.39, 0.29) is 18.8 Å². The maximum Gasteiger partial charge on any atom is 0.289 e. The molecule has 12 heteroatoms. The van der Waals surface area contributed by atoms with Crippen molar-refractivity contribution in [2.45, 2.75) is 4.90 Å². The molecule has 0 fully saturated rings. The highest BCUT2D eigenvalue weighted by atomic mass is 32.2. The summed E-state index contributed by atoms with van der Waals surface area (Å²) < 4.78 is 49.7. The van der Waals surface area contributed by atoms with Gasteiger partial charge in [0, 0.05) is 24.8 Å². The highest BCUT2D eigenvalue weighted by Crippen LogP contribution is 2.25. The quantitative estimate of drug-likeness (QED) is 0.249. The van der Waals surface area contributed by atoms with Gasteiger partial charge in [0.15, 0.2) is 4.90 Å². The molecule has 0 aliphatic rings. The zero-order chi connectivity index (χ0) is 16.3. The Morgan fingerprint density at radius 1 is 1.19 bits per heavy atom. The zero-order valence-corrected chi connectivity index (χ0v) is 12.6. The Bertz CT molecular complexity index is 744. The smallest absolute Gasteiger partial charge is 0.289 e. The number of benzene rings is 1. The van der Waals surface area contributed by atoms with Crippen LogP contribution < -0.4 is 15.2 Å². The molecule has 1 rings (SSSR count). The Morgan fingerprint density at radius 2 is 1.76 bits per heavy atom. The lowest BCUT2D eigenvalue weighted by Crippen LogP contribution is -2.34. The number of nitro groups is 1. The minimum Gasteiger partial charge on any atom is -0.399 e. The first-order valence-electron chi connectivity index (χ1n) is 5.51.